The van der Waals surface area contributed by atoms with Crippen LogP contribution < -0.4 is 10.6 Å². The zero-order valence-corrected chi connectivity index (χ0v) is 19.9. The summed E-state index contributed by atoms with van der Waals surface area (Å²) in [4.78, 5) is 39.0. The highest BCUT2D eigenvalue weighted by Gasteiger charge is 2.22. The van der Waals surface area contributed by atoms with Crippen LogP contribution in [0.15, 0.2) is 53.9 Å². The second-order valence-corrected chi connectivity index (χ2v) is 8.50. The predicted octanol–water partition coefficient (Wildman–Crippen LogP) is 4.65. The van der Waals surface area contributed by atoms with E-state index in [0.29, 0.717) is 21.8 Å². The highest BCUT2D eigenvalue weighted by Crippen LogP contribution is 2.36. The Morgan fingerprint density at radius 1 is 1.06 bits per heavy atom. The van der Waals surface area contributed by atoms with Gasteiger partial charge >= 0.3 is 5.97 Å². The standard InChI is InChI=1S/C25H27N3O4S/c1-5-32-25(31)22-20(17-11-9-16(2)10-12-17)15-33-23(22)27-21(29)14-26-19-8-6-7-18(13-19)24(30)28(3)4/h6-13,15,26H,5,14H2,1-4H3,(H,27,29). The first kappa shape index (κ1) is 24.0. The van der Waals surface area contributed by atoms with E-state index in [1.807, 2.05) is 36.6 Å². The zero-order chi connectivity index (χ0) is 24.0. The molecule has 2 amide bonds. The molecule has 0 unspecified atom stereocenters. The first-order valence-electron chi connectivity index (χ1n) is 10.5. The third kappa shape index (κ3) is 5.98. The Morgan fingerprint density at radius 3 is 2.45 bits per heavy atom. The van der Waals surface area contributed by atoms with Gasteiger partial charge < -0.3 is 20.3 Å². The van der Waals surface area contributed by atoms with Crippen LogP contribution in [-0.4, -0.2) is 49.9 Å². The molecule has 0 atom stereocenters. The van der Waals surface area contributed by atoms with Gasteiger partial charge in [-0.1, -0.05) is 35.9 Å². The number of rotatable bonds is 8. The molecule has 7 nitrogen and oxygen atoms in total. The number of esters is 1. The molecule has 2 N–H and O–H groups in total. The average molecular weight is 466 g/mol. The number of hydrogen-bond acceptors (Lipinski definition) is 6. The minimum Gasteiger partial charge on any atom is -0.462 e. The Balaban J connectivity index is 1.75. The van der Waals surface area contributed by atoms with E-state index in [-0.39, 0.29) is 25.0 Å². The number of nitrogens with zero attached hydrogens (tertiary/aromatic N) is 1. The van der Waals surface area contributed by atoms with Crippen molar-refractivity contribution in [2.24, 2.45) is 0 Å². The summed E-state index contributed by atoms with van der Waals surface area (Å²) in [5, 5.41) is 8.12. The van der Waals surface area contributed by atoms with Crippen molar-refractivity contribution in [1.82, 2.24) is 4.90 Å². The van der Waals surface area contributed by atoms with Crippen LogP contribution in [0.1, 0.15) is 33.2 Å². The molecule has 172 valence electrons. The molecule has 3 rings (SSSR count). The Kier molecular flexibility index (Phi) is 7.84. The van der Waals surface area contributed by atoms with Crippen molar-refractivity contribution in [3.8, 4) is 11.1 Å². The molecule has 33 heavy (non-hydrogen) atoms. The maximum absolute atomic E-state index is 12.7. The van der Waals surface area contributed by atoms with Crippen LogP contribution in [0.2, 0.25) is 0 Å². The van der Waals surface area contributed by atoms with Gasteiger partial charge in [-0.25, -0.2) is 4.79 Å². The zero-order valence-electron chi connectivity index (χ0n) is 19.1. The second-order valence-electron chi connectivity index (χ2n) is 7.62. The molecule has 0 aliphatic carbocycles. The SMILES string of the molecule is CCOC(=O)c1c(-c2ccc(C)cc2)csc1NC(=O)CNc1cccc(C(=O)N(C)C)c1. The fraction of sp³-hybridized carbons (Fsp3) is 0.240. The van der Waals surface area contributed by atoms with Gasteiger partial charge in [-0.2, -0.15) is 0 Å². The first-order valence-corrected chi connectivity index (χ1v) is 11.4. The highest BCUT2D eigenvalue weighted by molar-refractivity contribution is 7.15. The lowest BCUT2D eigenvalue weighted by Gasteiger charge is -2.12. The first-order chi connectivity index (χ1) is 15.8. The number of amides is 2. The van der Waals surface area contributed by atoms with Gasteiger partial charge in [0.25, 0.3) is 5.91 Å². The summed E-state index contributed by atoms with van der Waals surface area (Å²) >= 11 is 1.28. The maximum Gasteiger partial charge on any atom is 0.341 e. The fourth-order valence-electron chi connectivity index (χ4n) is 3.17. The van der Waals surface area contributed by atoms with Crippen molar-refractivity contribution < 1.29 is 19.1 Å². The summed E-state index contributed by atoms with van der Waals surface area (Å²) < 4.78 is 5.24. The van der Waals surface area contributed by atoms with Gasteiger partial charge in [0.1, 0.15) is 10.6 Å². The molecule has 3 aromatic rings. The number of carbonyl (C=O) groups is 3. The van der Waals surface area contributed by atoms with Crippen molar-refractivity contribution in [3.05, 3.63) is 70.6 Å². The third-order valence-corrected chi connectivity index (χ3v) is 5.75. The van der Waals surface area contributed by atoms with E-state index in [1.54, 1.807) is 45.3 Å². The summed E-state index contributed by atoms with van der Waals surface area (Å²) in [7, 11) is 3.37. The quantitative estimate of drug-likeness (QED) is 0.473. The molecule has 0 saturated carbocycles. The number of ether oxygens (including phenoxy) is 1. The van der Waals surface area contributed by atoms with Crippen LogP contribution in [0.25, 0.3) is 11.1 Å². The number of carbonyl (C=O) groups excluding carboxylic acids is 3. The van der Waals surface area contributed by atoms with E-state index >= 15 is 0 Å². The molecule has 1 heterocycles. The van der Waals surface area contributed by atoms with Crippen LogP contribution in [0.3, 0.4) is 0 Å². The molecule has 0 bridgehead atoms. The molecule has 0 aliphatic heterocycles. The van der Waals surface area contributed by atoms with E-state index in [0.717, 1.165) is 16.7 Å². The van der Waals surface area contributed by atoms with Gasteiger partial charge in [0, 0.05) is 36.3 Å². The Labute approximate surface area is 197 Å². The maximum atomic E-state index is 12.7. The van der Waals surface area contributed by atoms with Gasteiger partial charge in [-0.15, -0.1) is 11.3 Å². The number of thiophene rings is 1. The number of anilines is 2. The molecule has 2 aromatic carbocycles. The molecular formula is C25H27N3O4S. The normalized spacial score (nSPS) is 10.4. The smallest absolute Gasteiger partial charge is 0.341 e. The molecule has 0 radical (unpaired) electrons. The van der Waals surface area contributed by atoms with Crippen LogP contribution in [0, 0.1) is 6.92 Å². The van der Waals surface area contributed by atoms with Crippen molar-refractivity contribution in [1.29, 1.82) is 0 Å². The summed E-state index contributed by atoms with van der Waals surface area (Å²) in [6.45, 7) is 3.94. The number of hydrogen-bond donors (Lipinski definition) is 2. The lowest BCUT2D eigenvalue weighted by atomic mass is 10.0. The summed E-state index contributed by atoms with van der Waals surface area (Å²) in [6.07, 6.45) is 0. The topological polar surface area (TPSA) is 87.7 Å². The van der Waals surface area contributed by atoms with Crippen LogP contribution in [0.5, 0.6) is 0 Å². The average Bonchev–Trinajstić information content (AvgIpc) is 3.21. The summed E-state index contributed by atoms with van der Waals surface area (Å²) in [5.74, 6) is -0.918. The van der Waals surface area contributed by atoms with Crippen LogP contribution >= 0.6 is 11.3 Å². The largest absolute Gasteiger partial charge is 0.462 e. The monoisotopic (exact) mass is 465 g/mol. The Morgan fingerprint density at radius 2 is 1.79 bits per heavy atom. The van der Waals surface area contributed by atoms with Gasteiger partial charge in [0.05, 0.1) is 13.2 Å². The third-order valence-electron chi connectivity index (χ3n) is 4.85. The van der Waals surface area contributed by atoms with Crippen LogP contribution in [0.4, 0.5) is 10.7 Å². The molecule has 1 aromatic heterocycles. The molecule has 0 spiro atoms. The summed E-state index contributed by atoms with van der Waals surface area (Å²) in [6, 6.07) is 14.8. The number of nitrogens with one attached hydrogen (secondary N) is 2. The number of aryl methyl sites for hydroxylation is 1. The van der Waals surface area contributed by atoms with Crippen molar-refractivity contribution in [2.45, 2.75) is 13.8 Å². The van der Waals surface area contributed by atoms with Crippen LogP contribution in [-0.2, 0) is 9.53 Å². The fourth-order valence-corrected chi connectivity index (χ4v) is 4.15. The Hall–Kier alpha value is -3.65. The predicted molar refractivity (Wildman–Crippen MR) is 132 cm³/mol. The molecule has 8 heteroatoms. The van der Waals surface area contributed by atoms with Crippen molar-refractivity contribution in [3.63, 3.8) is 0 Å². The van der Waals surface area contributed by atoms with Gasteiger partial charge in [-0.3, -0.25) is 9.59 Å². The van der Waals surface area contributed by atoms with Crippen molar-refractivity contribution >= 4 is 39.8 Å². The van der Waals surface area contributed by atoms with E-state index in [9.17, 15) is 14.4 Å². The summed E-state index contributed by atoms with van der Waals surface area (Å²) in [5.41, 5.74) is 4.23. The lowest BCUT2D eigenvalue weighted by molar-refractivity contribution is -0.114. The molecule has 0 saturated heterocycles. The number of benzene rings is 2. The van der Waals surface area contributed by atoms with E-state index < -0.39 is 5.97 Å². The van der Waals surface area contributed by atoms with Gasteiger partial charge in [0.2, 0.25) is 5.91 Å². The minimum absolute atomic E-state index is 0.0281. The van der Waals surface area contributed by atoms with Gasteiger partial charge in [-0.05, 0) is 37.6 Å². The molecule has 0 aliphatic rings. The Bertz CT molecular complexity index is 1150. The minimum atomic E-state index is -0.479. The second kappa shape index (κ2) is 10.8. The molecule has 0 fully saturated rings. The lowest BCUT2D eigenvalue weighted by Crippen LogP contribution is -2.23. The highest BCUT2D eigenvalue weighted by atomic mass is 32.1. The van der Waals surface area contributed by atoms with Crippen molar-refractivity contribution in [2.75, 3.05) is 37.9 Å². The van der Waals surface area contributed by atoms with E-state index in [2.05, 4.69) is 10.6 Å². The molecular weight excluding hydrogens is 438 g/mol. The van der Waals surface area contributed by atoms with E-state index in [4.69, 9.17) is 4.74 Å². The van der Waals surface area contributed by atoms with E-state index in [1.165, 1.54) is 16.2 Å². The van der Waals surface area contributed by atoms with Gasteiger partial charge in [0.15, 0.2) is 0 Å².